The fourth-order valence-corrected chi connectivity index (χ4v) is 2.86. The molecule has 0 saturated carbocycles. The minimum Gasteiger partial charge on any atom is -0.356 e. The lowest BCUT2D eigenvalue weighted by atomic mass is 9.99. The van der Waals surface area contributed by atoms with Crippen molar-refractivity contribution in [2.24, 2.45) is 5.92 Å². The van der Waals surface area contributed by atoms with Gasteiger partial charge in [-0.05, 0) is 37.0 Å². The lowest BCUT2D eigenvalue weighted by Gasteiger charge is -2.31. The Morgan fingerprint density at radius 1 is 1.24 bits per heavy atom. The minimum absolute atomic E-state index is 0.0542. The zero-order chi connectivity index (χ0) is 17.8. The summed E-state index contributed by atoms with van der Waals surface area (Å²) in [5.74, 6) is 1.38. The average molecular weight is 364 g/mol. The van der Waals surface area contributed by atoms with Crippen LogP contribution < -0.4 is 15.5 Å². The van der Waals surface area contributed by atoms with Gasteiger partial charge in [-0.2, -0.15) is 0 Å². The standard InChI is InChI=1S/C17H19ClFN5O/c1-11-4-6-24(7-5-11)16-9-15(20-10-21-16)23-17(25)22-12-2-3-14(19)13(18)8-12/h2-3,8-11H,4-7H2,1H3,(H2,20,21,22,23,25). The molecule has 0 atom stereocenters. The second kappa shape index (κ2) is 7.65. The van der Waals surface area contributed by atoms with Gasteiger partial charge >= 0.3 is 6.03 Å². The number of aromatic nitrogens is 2. The van der Waals surface area contributed by atoms with Crippen molar-refractivity contribution in [3.63, 3.8) is 0 Å². The number of rotatable bonds is 3. The highest BCUT2D eigenvalue weighted by molar-refractivity contribution is 6.31. The SMILES string of the molecule is CC1CCN(c2cc(NC(=O)Nc3ccc(F)c(Cl)c3)ncn2)CC1. The number of hydrogen-bond donors (Lipinski definition) is 2. The summed E-state index contributed by atoms with van der Waals surface area (Å²) in [6.45, 7) is 4.13. The van der Waals surface area contributed by atoms with Crippen molar-refractivity contribution in [1.82, 2.24) is 9.97 Å². The van der Waals surface area contributed by atoms with Gasteiger partial charge in [0.05, 0.1) is 5.02 Å². The van der Waals surface area contributed by atoms with Crippen LogP contribution in [0.1, 0.15) is 19.8 Å². The monoisotopic (exact) mass is 363 g/mol. The molecule has 2 amide bonds. The maximum atomic E-state index is 13.1. The lowest BCUT2D eigenvalue weighted by Crippen LogP contribution is -2.33. The molecule has 1 aromatic carbocycles. The number of nitrogens with zero attached hydrogens (tertiary/aromatic N) is 3. The molecule has 8 heteroatoms. The third-order valence-electron chi connectivity index (χ3n) is 4.18. The van der Waals surface area contributed by atoms with Crippen LogP contribution in [0, 0.1) is 11.7 Å². The highest BCUT2D eigenvalue weighted by Crippen LogP contribution is 2.23. The first kappa shape index (κ1) is 17.4. The normalized spacial score (nSPS) is 15.1. The molecule has 1 aliphatic heterocycles. The Morgan fingerprint density at radius 2 is 2.00 bits per heavy atom. The molecule has 1 aromatic heterocycles. The lowest BCUT2D eigenvalue weighted by molar-refractivity contribution is 0.262. The van der Waals surface area contributed by atoms with Crippen LogP contribution in [0.5, 0.6) is 0 Å². The number of piperidine rings is 1. The predicted molar refractivity (Wildman–Crippen MR) is 96.7 cm³/mol. The van der Waals surface area contributed by atoms with Gasteiger partial charge < -0.3 is 10.2 Å². The second-order valence-electron chi connectivity index (χ2n) is 6.14. The number of carbonyl (C=O) groups excluding carboxylic acids is 1. The van der Waals surface area contributed by atoms with Crippen LogP contribution in [0.4, 0.5) is 26.5 Å². The van der Waals surface area contributed by atoms with Gasteiger partial charge in [0.15, 0.2) is 0 Å². The molecule has 2 heterocycles. The van der Waals surface area contributed by atoms with Crippen LogP contribution >= 0.6 is 11.6 Å². The van der Waals surface area contributed by atoms with Crippen molar-refractivity contribution >= 4 is 35.0 Å². The van der Waals surface area contributed by atoms with E-state index in [1.165, 1.54) is 24.5 Å². The Hall–Kier alpha value is -2.41. The fourth-order valence-electron chi connectivity index (χ4n) is 2.68. The largest absolute Gasteiger partial charge is 0.356 e. The van der Waals surface area contributed by atoms with E-state index < -0.39 is 11.8 Å². The van der Waals surface area contributed by atoms with E-state index in [0.29, 0.717) is 11.5 Å². The van der Waals surface area contributed by atoms with Gasteiger partial charge in [0.25, 0.3) is 0 Å². The molecule has 132 valence electrons. The first-order chi connectivity index (χ1) is 12.0. The first-order valence-corrected chi connectivity index (χ1v) is 8.49. The van der Waals surface area contributed by atoms with Crippen molar-refractivity contribution in [3.8, 4) is 0 Å². The van der Waals surface area contributed by atoms with Gasteiger partial charge in [-0.15, -0.1) is 0 Å². The molecule has 2 aromatic rings. The summed E-state index contributed by atoms with van der Waals surface area (Å²) in [4.78, 5) is 22.6. The molecule has 0 aliphatic carbocycles. The van der Waals surface area contributed by atoms with Crippen molar-refractivity contribution in [2.75, 3.05) is 28.6 Å². The molecule has 1 saturated heterocycles. The predicted octanol–water partition coefficient (Wildman–Crippen LogP) is 4.15. The smallest absolute Gasteiger partial charge is 0.324 e. The van der Waals surface area contributed by atoms with Gasteiger partial charge in [0, 0.05) is 24.8 Å². The molecule has 0 bridgehead atoms. The number of amides is 2. The number of hydrogen-bond acceptors (Lipinski definition) is 4. The van der Waals surface area contributed by atoms with Crippen LogP contribution in [0.25, 0.3) is 0 Å². The highest BCUT2D eigenvalue weighted by Gasteiger charge is 2.17. The summed E-state index contributed by atoms with van der Waals surface area (Å²) in [5, 5.41) is 5.18. The molecular formula is C17H19ClFN5O. The summed E-state index contributed by atoms with van der Waals surface area (Å²) < 4.78 is 13.1. The Morgan fingerprint density at radius 3 is 2.72 bits per heavy atom. The molecule has 3 rings (SSSR count). The maximum Gasteiger partial charge on any atom is 0.324 e. The number of urea groups is 1. The Balaban J connectivity index is 1.63. The van der Waals surface area contributed by atoms with E-state index in [1.807, 2.05) is 0 Å². The van der Waals surface area contributed by atoms with Gasteiger partial charge in [-0.3, -0.25) is 5.32 Å². The number of carbonyl (C=O) groups is 1. The van der Waals surface area contributed by atoms with Crippen molar-refractivity contribution < 1.29 is 9.18 Å². The highest BCUT2D eigenvalue weighted by atomic mass is 35.5. The second-order valence-corrected chi connectivity index (χ2v) is 6.55. The van der Waals surface area contributed by atoms with Gasteiger partial charge in [0.2, 0.25) is 0 Å². The van der Waals surface area contributed by atoms with Crippen molar-refractivity contribution in [3.05, 3.63) is 41.4 Å². The Kier molecular flexibility index (Phi) is 5.33. The van der Waals surface area contributed by atoms with Crippen LogP contribution in [-0.2, 0) is 0 Å². The molecule has 6 nitrogen and oxygen atoms in total. The van der Waals surface area contributed by atoms with Crippen LogP contribution in [-0.4, -0.2) is 29.1 Å². The van der Waals surface area contributed by atoms with Crippen LogP contribution in [0.3, 0.4) is 0 Å². The van der Waals surface area contributed by atoms with E-state index in [0.717, 1.165) is 37.7 Å². The molecular weight excluding hydrogens is 345 g/mol. The van der Waals surface area contributed by atoms with E-state index in [2.05, 4.69) is 32.4 Å². The fraction of sp³-hybridized carbons (Fsp3) is 0.353. The summed E-state index contributed by atoms with van der Waals surface area (Å²) in [6.07, 6.45) is 3.68. The maximum absolute atomic E-state index is 13.1. The third-order valence-corrected chi connectivity index (χ3v) is 4.47. The summed E-state index contributed by atoms with van der Waals surface area (Å²) in [6, 6.07) is 5.22. The van der Waals surface area contributed by atoms with E-state index in [4.69, 9.17) is 11.6 Å². The first-order valence-electron chi connectivity index (χ1n) is 8.11. The van der Waals surface area contributed by atoms with E-state index >= 15 is 0 Å². The zero-order valence-corrected chi connectivity index (χ0v) is 14.6. The van der Waals surface area contributed by atoms with Gasteiger partial charge in [-0.25, -0.2) is 19.2 Å². The third kappa shape index (κ3) is 4.57. The topological polar surface area (TPSA) is 70.2 Å². The van der Waals surface area contributed by atoms with E-state index in [9.17, 15) is 9.18 Å². The summed E-state index contributed by atoms with van der Waals surface area (Å²) >= 11 is 5.70. The van der Waals surface area contributed by atoms with Gasteiger partial charge in [0.1, 0.15) is 23.8 Å². The number of anilines is 3. The molecule has 0 radical (unpaired) electrons. The number of benzene rings is 1. The Labute approximate surface area is 150 Å². The Bertz CT molecular complexity index is 764. The number of nitrogens with one attached hydrogen (secondary N) is 2. The van der Waals surface area contributed by atoms with Crippen molar-refractivity contribution in [1.29, 1.82) is 0 Å². The minimum atomic E-state index is -0.538. The van der Waals surface area contributed by atoms with E-state index in [-0.39, 0.29) is 5.02 Å². The molecule has 0 unspecified atom stereocenters. The molecule has 0 spiro atoms. The quantitative estimate of drug-likeness (QED) is 0.859. The zero-order valence-electron chi connectivity index (χ0n) is 13.8. The van der Waals surface area contributed by atoms with Crippen molar-refractivity contribution in [2.45, 2.75) is 19.8 Å². The molecule has 1 aliphatic rings. The number of halogens is 2. The molecule has 2 N–H and O–H groups in total. The van der Waals surface area contributed by atoms with Crippen LogP contribution in [0.2, 0.25) is 5.02 Å². The van der Waals surface area contributed by atoms with Crippen LogP contribution in [0.15, 0.2) is 30.6 Å². The molecule has 25 heavy (non-hydrogen) atoms. The average Bonchev–Trinajstić information content (AvgIpc) is 2.59. The summed E-state index contributed by atoms with van der Waals surface area (Å²) in [5.41, 5.74) is 0.392. The summed E-state index contributed by atoms with van der Waals surface area (Å²) in [7, 11) is 0. The van der Waals surface area contributed by atoms with E-state index in [1.54, 1.807) is 6.07 Å². The molecule has 1 fully saturated rings. The van der Waals surface area contributed by atoms with Gasteiger partial charge in [-0.1, -0.05) is 18.5 Å².